The highest BCUT2D eigenvalue weighted by Crippen LogP contribution is 2.37. The first-order chi connectivity index (χ1) is 10.0. The predicted octanol–water partition coefficient (Wildman–Crippen LogP) is 4.44. The molecular formula is C15H15BrClNO3. The van der Waals surface area contributed by atoms with Crippen LogP contribution >= 0.6 is 27.5 Å². The lowest BCUT2D eigenvalue weighted by Crippen LogP contribution is -2.01. The van der Waals surface area contributed by atoms with Crippen LogP contribution in [0.3, 0.4) is 0 Å². The van der Waals surface area contributed by atoms with Crippen molar-refractivity contribution in [2.45, 2.75) is 6.54 Å². The van der Waals surface area contributed by atoms with Gasteiger partial charge in [-0.05, 0) is 35.9 Å². The number of benzene rings is 2. The van der Waals surface area contributed by atoms with Gasteiger partial charge in [0.1, 0.15) is 0 Å². The molecule has 0 fully saturated rings. The van der Waals surface area contributed by atoms with Crippen molar-refractivity contribution in [2.24, 2.45) is 0 Å². The highest BCUT2D eigenvalue weighted by Gasteiger charge is 2.11. The normalized spacial score (nSPS) is 10.3. The minimum absolute atomic E-state index is 0.00996. The van der Waals surface area contributed by atoms with E-state index < -0.39 is 0 Å². The van der Waals surface area contributed by atoms with E-state index in [1.54, 1.807) is 12.1 Å². The molecule has 0 aliphatic rings. The Hall–Kier alpha value is -1.59. The van der Waals surface area contributed by atoms with Gasteiger partial charge in [0.15, 0.2) is 11.5 Å². The number of rotatable bonds is 5. The Kier molecular flexibility index (Phi) is 5.20. The summed E-state index contributed by atoms with van der Waals surface area (Å²) in [6.07, 6.45) is 0. The molecule has 0 aliphatic carbocycles. The van der Waals surface area contributed by atoms with Crippen molar-refractivity contribution in [1.82, 2.24) is 0 Å². The number of anilines is 1. The average molecular weight is 373 g/mol. The van der Waals surface area contributed by atoms with Crippen LogP contribution in [0.2, 0.25) is 5.02 Å². The second kappa shape index (κ2) is 6.91. The lowest BCUT2D eigenvalue weighted by molar-refractivity contribution is 0.339. The van der Waals surface area contributed by atoms with E-state index >= 15 is 0 Å². The number of phenols is 1. The molecule has 0 aliphatic heterocycles. The van der Waals surface area contributed by atoms with Crippen LogP contribution in [0.25, 0.3) is 0 Å². The van der Waals surface area contributed by atoms with E-state index in [0.717, 1.165) is 15.7 Å². The number of aromatic hydroxyl groups is 1. The minimum atomic E-state index is -0.00996. The summed E-state index contributed by atoms with van der Waals surface area (Å²) in [5.74, 6) is 0.724. The summed E-state index contributed by atoms with van der Waals surface area (Å²) in [5, 5.41) is 13.8. The van der Waals surface area contributed by atoms with Gasteiger partial charge < -0.3 is 19.9 Å². The van der Waals surface area contributed by atoms with E-state index in [1.165, 1.54) is 14.2 Å². The molecule has 0 unspecified atom stereocenters. The molecule has 2 N–H and O–H groups in total. The molecule has 2 rings (SSSR count). The molecule has 6 heteroatoms. The molecule has 0 bridgehead atoms. The summed E-state index contributed by atoms with van der Waals surface area (Å²) in [6.45, 7) is 0.517. The maximum atomic E-state index is 9.88. The van der Waals surface area contributed by atoms with Gasteiger partial charge >= 0.3 is 0 Å². The maximum Gasteiger partial charge on any atom is 0.200 e. The van der Waals surface area contributed by atoms with Gasteiger partial charge in [-0.1, -0.05) is 27.5 Å². The lowest BCUT2D eigenvalue weighted by atomic mass is 10.1. The topological polar surface area (TPSA) is 50.7 Å². The van der Waals surface area contributed by atoms with Gasteiger partial charge in [0.2, 0.25) is 5.75 Å². The summed E-state index contributed by atoms with van der Waals surface area (Å²) in [5.41, 5.74) is 1.72. The summed E-state index contributed by atoms with van der Waals surface area (Å²) < 4.78 is 11.2. The standard InChI is InChI=1S/C15H15BrClNO3/c1-20-13-5-9(6-14(21-2)15(13)19)8-18-12-7-10(16)3-4-11(12)17/h3-7,18-19H,8H2,1-2H3. The van der Waals surface area contributed by atoms with Crippen LogP contribution in [0.1, 0.15) is 5.56 Å². The third-order valence-electron chi connectivity index (χ3n) is 2.95. The Morgan fingerprint density at radius 3 is 2.33 bits per heavy atom. The molecule has 4 nitrogen and oxygen atoms in total. The molecule has 0 heterocycles. The van der Waals surface area contributed by atoms with E-state index in [9.17, 15) is 5.11 Å². The molecule has 21 heavy (non-hydrogen) atoms. The molecule has 0 spiro atoms. The molecule has 0 saturated carbocycles. The first-order valence-electron chi connectivity index (χ1n) is 6.18. The Morgan fingerprint density at radius 1 is 1.14 bits per heavy atom. The van der Waals surface area contributed by atoms with Crippen molar-refractivity contribution in [3.63, 3.8) is 0 Å². The second-order valence-electron chi connectivity index (χ2n) is 4.33. The Morgan fingerprint density at radius 2 is 1.76 bits per heavy atom. The Labute approximate surface area is 136 Å². The minimum Gasteiger partial charge on any atom is -0.502 e. The van der Waals surface area contributed by atoms with Crippen LogP contribution in [-0.2, 0) is 6.54 Å². The van der Waals surface area contributed by atoms with Crippen molar-refractivity contribution < 1.29 is 14.6 Å². The fraction of sp³-hybridized carbons (Fsp3) is 0.200. The fourth-order valence-electron chi connectivity index (χ4n) is 1.88. The van der Waals surface area contributed by atoms with Gasteiger partial charge in [0, 0.05) is 11.0 Å². The molecule has 0 atom stereocenters. The first kappa shape index (κ1) is 15.8. The monoisotopic (exact) mass is 371 g/mol. The number of nitrogens with one attached hydrogen (secondary N) is 1. The van der Waals surface area contributed by atoms with Crippen LogP contribution < -0.4 is 14.8 Å². The number of hydrogen-bond donors (Lipinski definition) is 2. The van der Waals surface area contributed by atoms with Crippen molar-refractivity contribution >= 4 is 33.2 Å². The summed E-state index contributed by atoms with van der Waals surface area (Å²) in [6, 6.07) is 9.08. The zero-order valence-electron chi connectivity index (χ0n) is 11.6. The number of hydrogen-bond acceptors (Lipinski definition) is 4. The van der Waals surface area contributed by atoms with E-state index in [0.29, 0.717) is 23.1 Å². The number of phenolic OH excluding ortho intramolecular Hbond substituents is 1. The van der Waals surface area contributed by atoms with E-state index in [-0.39, 0.29) is 5.75 Å². The van der Waals surface area contributed by atoms with Gasteiger partial charge in [0.25, 0.3) is 0 Å². The van der Waals surface area contributed by atoms with Crippen molar-refractivity contribution in [1.29, 1.82) is 0 Å². The maximum absolute atomic E-state index is 9.88. The second-order valence-corrected chi connectivity index (χ2v) is 5.65. The van der Waals surface area contributed by atoms with Crippen molar-refractivity contribution in [3.8, 4) is 17.2 Å². The molecule has 2 aromatic rings. The van der Waals surface area contributed by atoms with Gasteiger partial charge in [0.05, 0.1) is 24.9 Å². The summed E-state index contributed by atoms with van der Waals surface area (Å²) >= 11 is 9.54. The smallest absolute Gasteiger partial charge is 0.200 e. The molecule has 2 aromatic carbocycles. The fourth-order valence-corrected chi connectivity index (χ4v) is 2.43. The van der Waals surface area contributed by atoms with Crippen molar-refractivity contribution in [3.05, 3.63) is 45.4 Å². The SMILES string of the molecule is COc1cc(CNc2cc(Br)ccc2Cl)cc(OC)c1O. The van der Waals surface area contributed by atoms with Gasteiger partial charge in [-0.3, -0.25) is 0 Å². The predicted molar refractivity (Wildman–Crippen MR) is 87.7 cm³/mol. The zero-order chi connectivity index (χ0) is 15.4. The molecule has 0 saturated heterocycles. The third-order valence-corrected chi connectivity index (χ3v) is 3.77. The number of ether oxygens (including phenoxy) is 2. The van der Waals surface area contributed by atoms with Gasteiger partial charge in [-0.15, -0.1) is 0 Å². The van der Waals surface area contributed by atoms with Gasteiger partial charge in [-0.2, -0.15) is 0 Å². The quantitative estimate of drug-likeness (QED) is 0.815. The highest BCUT2D eigenvalue weighted by atomic mass is 79.9. The van der Waals surface area contributed by atoms with Crippen LogP contribution in [0.15, 0.2) is 34.8 Å². The van der Waals surface area contributed by atoms with Crippen LogP contribution in [0.5, 0.6) is 17.2 Å². The highest BCUT2D eigenvalue weighted by molar-refractivity contribution is 9.10. The van der Waals surface area contributed by atoms with Gasteiger partial charge in [-0.25, -0.2) is 0 Å². The molecular weight excluding hydrogens is 358 g/mol. The third kappa shape index (κ3) is 3.74. The largest absolute Gasteiger partial charge is 0.502 e. The first-order valence-corrected chi connectivity index (χ1v) is 7.35. The molecule has 0 radical (unpaired) electrons. The zero-order valence-corrected chi connectivity index (χ0v) is 14.0. The molecule has 112 valence electrons. The Bertz CT molecular complexity index is 624. The average Bonchev–Trinajstić information content (AvgIpc) is 2.49. The van der Waals surface area contributed by atoms with Crippen LogP contribution in [0, 0.1) is 0 Å². The van der Waals surface area contributed by atoms with Crippen molar-refractivity contribution in [2.75, 3.05) is 19.5 Å². The Balaban J connectivity index is 2.22. The summed E-state index contributed by atoms with van der Waals surface area (Å²) in [7, 11) is 2.99. The van der Waals surface area contributed by atoms with E-state index in [1.807, 2.05) is 18.2 Å². The van der Waals surface area contributed by atoms with Crippen LogP contribution in [-0.4, -0.2) is 19.3 Å². The number of halogens is 2. The van der Waals surface area contributed by atoms with Crippen LogP contribution in [0.4, 0.5) is 5.69 Å². The van der Waals surface area contributed by atoms with E-state index in [4.69, 9.17) is 21.1 Å². The van der Waals surface area contributed by atoms with E-state index in [2.05, 4.69) is 21.2 Å². The summed E-state index contributed by atoms with van der Waals surface area (Å²) in [4.78, 5) is 0. The molecule has 0 aromatic heterocycles. The number of methoxy groups -OCH3 is 2. The molecule has 0 amide bonds. The lowest BCUT2D eigenvalue weighted by Gasteiger charge is -2.13.